The monoisotopic (exact) mass is 157 g/mol. The maximum Gasteiger partial charge on any atom is 0.0726 e. The lowest BCUT2D eigenvalue weighted by Crippen LogP contribution is -2.29. The van der Waals surface area contributed by atoms with Crippen LogP contribution >= 0.6 is 0 Å². The minimum Gasteiger partial charge on any atom is -0.377 e. The molecular weight excluding hydrogens is 138 g/mol. The normalized spacial score (nSPS) is 31.1. The third-order valence-electron chi connectivity index (χ3n) is 2.35. The molecule has 0 aromatic heterocycles. The predicted octanol–water partition coefficient (Wildman–Crippen LogP) is 1.68. The summed E-state index contributed by atoms with van der Waals surface area (Å²) in [5.41, 5.74) is 5.84. The van der Waals surface area contributed by atoms with Crippen molar-refractivity contribution in [2.45, 2.75) is 51.2 Å². The lowest BCUT2D eigenvalue weighted by atomic mass is 10.0. The second-order valence-electron chi connectivity index (χ2n) is 3.36. The van der Waals surface area contributed by atoms with E-state index in [2.05, 4.69) is 6.92 Å². The summed E-state index contributed by atoms with van der Waals surface area (Å²) in [4.78, 5) is 0. The van der Waals surface area contributed by atoms with Crippen LogP contribution in [0.5, 0.6) is 0 Å². The molecule has 2 heteroatoms. The summed E-state index contributed by atoms with van der Waals surface area (Å²) in [5.74, 6) is 0. The Hall–Kier alpha value is -0.0800. The minimum absolute atomic E-state index is 0.312. The summed E-state index contributed by atoms with van der Waals surface area (Å²) in [5, 5.41) is 0. The average Bonchev–Trinajstić information content (AvgIpc) is 2.37. The molecule has 2 nitrogen and oxygen atoms in total. The lowest BCUT2D eigenvalue weighted by Gasteiger charge is -2.13. The van der Waals surface area contributed by atoms with Crippen molar-refractivity contribution in [3.63, 3.8) is 0 Å². The number of hydrogen-bond donors (Lipinski definition) is 1. The summed E-state index contributed by atoms with van der Waals surface area (Å²) in [6.45, 7) is 3.09. The lowest BCUT2D eigenvalue weighted by molar-refractivity contribution is 0.0951. The Labute approximate surface area is 69.1 Å². The first-order valence-electron chi connectivity index (χ1n) is 4.71. The van der Waals surface area contributed by atoms with Gasteiger partial charge in [0.05, 0.1) is 6.10 Å². The highest BCUT2D eigenvalue weighted by molar-refractivity contribution is 4.78. The minimum atomic E-state index is 0.312. The average molecular weight is 157 g/mol. The SMILES string of the molecule is CCCCCC1OCCC1N. The van der Waals surface area contributed by atoms with Gasteiger partial charge >= 0.3 is 0 Å². The van der Waals surface area contributed by atoms with Crippen molar-refractivity contribution >= 4 is 0 Å². The van der Waals surface area contributed by atoms with E-state index in [-0.39, 0.29) is 0 Å². The molecule has 1 heterocycles. The topological polar surface area (TPSA) is 35.2 Å². The second-order valence-corrected chi connectivity index (χ2v) is 3.36. The first kappa shape index (κ1) is 9.01. The molecule has 1 fully saturated rings. The molecule has 11 heavy (non-hydrogen) atoms. The van der Waals surface area contributed by atoms with Gasteiger partial charge in [0.25, 0.3) is 0 Å². The Balaban J connectivity index is 2.05. The Bertz CT molecular complexity index is 106. The van der Waals surface area contributed by atoms with Gasteiger partial charge in [0.1, 0.15) is 0 Å². The van der Waals surface area contributed by atoms with E-state index in [0.717, 1.165) is 19.4 Å². The Morgan fingerprint density at radius 3 is 2.82 bits per heavy atom. The van der Waals surface area contributed by atoms with Crippen LogP contribution < -0.4 is 5.73 Å². The summed E-state index contributed by atoms with van der Waals surface area (Å²) < 4.78 is 5.49. The fourth-order valence-electron chi connectivity index (χ4n) is 1.56. The zero-order valence-corrected chi connectivity index (χ0v) is 7.38. The number of hydrogen-bond acceptors (Lipinski definition) is 2. The van der Waals surface area contributed by atoms with Crippen LogP contribution in [0, 0.1) is 0 Å². The number of rotatable bonds is 4. The highest BCUT2D eigenvalue weighted by Gasteiger charge is 2.23. The molecule has 1 aliphatic heterocycles. The number of ether oxygens (including phenoxy) is 1. The van der Waals surface area contributed by atoms with Gasteiger partial charge in [-0.3, -0.25) is 0 Å². The summed E-state index contributed by atoms with van der Waals surface area (Å²) >= 11 is 0. The molecule has 0 saturated carbocycles. The first-order chi connectivity index (χ1) is 5.34. The van der Waals surface area contributed by atoms with E-state index in [9.17, 15) is 0 Å². The van der Waals surface area contributed by atoms with Gasteiger partial charge in [0.15, 0.2) is 0 Å². The fraction of sp³-hybridized carbons (Fsp3) is 1.00. The van der Waals surface area contributed by atoms with Crippen LogP contribution in [-0.2, 0) is 4.74 Å². The highest BCUT2D eigenvalue weighted by Crippen LogP contribution is 2.17. The quantitative estimate of drug-likeness (QED) is 0.630. The molecule has 1 aliphatic rings. The zero-order valence-electron chi connectivity index (χ0n) is 7.38. The summed E-state index contributed by atoms with van der Waals surface area (Å²) in [6.07, 6.45) is 6.44. The van der Waals surface area contributed by atoms with Crippen molar-refractivity contribution in [2.75, 3.05) is 6.61 Å². The molecule has 0 aliphatic carbocycles. The van der Waals surface area contributed by atoms with E-state index >= 15 is 0 Å². The van der Waals surface area contributed by atoms with Crippen LogP contribution in [0.2, 0.25) is 0 Å². The summed E-state index contributed by atoms with van der Waals surface area (Å²) in [6, 6.07) is 0.312. The van der Waals surface area contributed by atoms with E-state index in [1.54, 1.807) is 0 Å². The van der Waals surface area contributed by atoms with Crippen molar-refractivity contribution in [3.8, 4) is 0 Å². The molecule has 1 saturated heterocycles. The maximum absolute atomic E-state index is 5.84. The van der Waals surface area contributed by atoms with Gasteiger partial charge in [0, 0.05) is 12.6 Å². The third kappa shape index (κ3) is 2.80. The number of nitrogens with two attached hydrogens (primary N) is 1. The molecule has 0 bridgehead atoms. The van der Waals surface area contributed by atoms with Crippen molar-refractivity contribution in [1.82, 2.24) is 0 Å². The molecule has 1 rings (SSSR count). The van der Waals surface area contributed by atoms with E-state index in [4.69, 9.17) is 10.5 Å². The zero-order chi connectivity index (χ0) is 8.10. The van der Waals surface area contributed by atoms with E-state index in [1.165, 1.54) is 19.3 Å². The fourth-order valence-corrected chi connectivity index (χ4v) is 1.56. The van der Waals surface area contributed by atoms with Gasteiger partial charge in [-0.15, -0.1) is 0 Å². The molecular formula is C9H19NO. The van der Waals surface area contributed by atoms with E-state index in [0.29, 0.717) is 12.1 Å². The van der Waals surface area contributed by atoms with Gasteiger partial charge in [-0.05, 0) is 12.8 Å². The molecule has 0 aromatic carbocycles. The van der Waals surface area contributed by atoms with Gasteiger partial charge in [0.2, 0.25) is 0 Å². The molecule has 2 N–H and O–H groups in total. The molecule has 0 amide bonds. The highest BCUT2D eigenvalue weighted by atomic mass is 16.5. The number of unbranched alkanes of at least 4 members (excludes halogenated alkanes) is 2. The Morgan fingerprint density at radius 1 is 1.45 bits per heavy atom. The molecule has 0 radical (unpaired) electrons. The predicted molar refractivity (Wildman–Crippen MR) is 46.5 cm³/mol. The largest absolute Gasteiger partial charge is 0.377 e. The van der Waals surface area contributed by atoms with E-state index in [1.807, 2.05) is 0 Å². The van der Waals surface area contributed by atoms with Crippen LogP contribution in [0.25, 0.3) is 0 Å². The van der Waals surface area contributed by atoms with Gasteiger partial charge in [-0.25, -0.2) is 0 Å². The molecule has 0 spiro atoms. The van der Waals surface area contributed by atoms with Gasteiger partial charge in [-0.2, -0.15) is 0 Å². The van der Waals surface area contributed by atoms with Crippen LogP contribution in [0.3, 0.4) is 0 Å². The second kappa shape index (κ2) is 4.73. The molecule has 2 atom stereocenters. The van der Waals surface area contributed by atoms with E-state index < -0.39 is 0 Å². The van der Waals surface area contributed by atoms with Crippen LogP contribution in [0.4, 0.5) is 0 Å². The molecule has 2 unspecified atom stereocenters. The maximum atomic E-state index is 5.84. The van der Waals surface area contributed by atoms with Crippen molar-refractivity contribution in [3.05, 3.63) is 0 Å². The van der Waals surface area contributed by atoms with Crippen LogP contribution in [-0.4, -0.2) is 18.8 Å². The Morgan fingerprint density at radius 2 is 2.27 bits per heavy atom. The first-order valence-corrected chi connectivity index (χ1v) is 4.71. The standard InChI is InChI=1S/C9H19NO/c1-2-3-4-5-9-8(10)6-7-11-9/h8-9H,2-7,10H2,1H3. The third-order valence-corrected chi connectivity index (χ3v) is 2.35. The molecule has 0 aromatic rings. The van der Waals surface area contributed by atoms with Crippen molar-refractivity contribution in [1.29, 1.82) is 0 Å². The Kier molecular flexibility index (Phi) is 3.87. The van der Waals surface area contributed by atoms with Crippen LogP contribution in [0.1, 0.15) is 39.0 Å². The van der Waals surface area contributed by atoms with Crippen LogP contribution in [0.15, 0.2) is 0 Å². The summed E-state index contributed by atoms with van der Waals surface area (Å²) in [7, 11) is 0. The molecule has 66 valence electrons. The van der Waals surface area contributed by atoms with Gasteiger partial charge in [-0.1, -0.05) is 26.2 Å². The van der Waals surface area contributed by atoms with Gasteiger partial charge < -0.3 is 10.5 Å². The van der Waals surface area contributed by atoms with Crippen molar-refractivity contribution in [2.24, 2.45) is 5.73 Å². The smallest absolute Gasteiger partial charge is 0.0726 e. The van der Waals surface area contributed by atoms with Crippen molar-refractivity contribution < 1.29 is 4.74 Å².